The van der Waals surface area contributed by atoms with Crippen molar-refractivity contribution in [3.63, 3.8) is 0 Å². The van der Waals surface area contributed by atoms with Crippen LogP contribution in [0.4, 0.5) is 11.5 Å². The maximum absolute atomic E-state index is 13.4. The maximum atomic E-state index is 13.4. The van der Waals surface area contributed by atoms with Crippen LogP contribution in [-0.2, 0) is 13.1 Å². The standard InChI is InChI=1S/C25H32N6O2/c1-16(2)13-26-24-20-11-21(23(32)12-22(20)27-28-24)25(33)31-14-17-4-5-19(10-18(17)15-31)30-8-6-29(3)7-9-30/h4-5,10-12,16,32H,6-9,13-15H2,1-3H3,(H2,26,27,28). The summed E-state index contributed by atoms with van der Waals surface area (Å²) < 4.78 is 0. The van der Waals surface area contributed by atoms with Gasteiger partial charge in [-0.25, -0.2) is 0 Å². The molecule has 1 amide bonds. The van der Waals surface area contributed by atoms with Crippen molar-refractivity contribution in [3.05, 3.63) is 47.0 Å². The highest BCUT2D eigenvalue weighted by Gasteiger charge is 2.28. The molecule has 0 aliphatic carbocycles. The number of nitrogens with zero attached hydrogens (tertiary/aromatic N) is 4. The number of carbonyl (C=O) groups excluding carboxylic acids is 1. The van der Waals surface area contributed by atoms with Gasteiger partial charge in [0, 0.05) is 63.0 Å². The van der Waals surface area contributed by atoms with Crippen molar-refractivity contribution in [1.29, 1.82) is 0 Å². The van der Waals surface area contributed by atoms with Crippen LogP contribution >= 0.6 is 0 Å². The van der Waals surface area contributed by atoms with E-state index in [0.717, 1.165) is 38.1 Å². The Hall–Kier alpha value is -3.26. The van der Waals surface area contributed by atoms with Gasteiger partial charge in [0.05, 0.1) is 11.1 Å². The summed E-state index contributed by atoms with van der Waals surface area (Å²) in [6.45, 7) is 10.3. The average Bonchev–Trinajstić information content (AvgIpc) is 3.40. The molecule has 8 heteroatoms. The summed E-state index contributed by atoms with van der Waals surface area (Å²) >= 11 is 0. The van der Waals surface area contributed by atoms with E-state index in [1.54, 1.807) is 17.0 Å². The Bertz CT molecular complexity index is 1180. The highest BCUT2D eigenvalue weighted by molar-refractivity contribution is 6.03. The van der Waals surface area contributed by atoms with E-state index in [1.165, 1.54) is 16.8 Å². The molecule has 1 aromatic heterocycles. The Morgan fingerprint density at radius 2 is 1.88 bits per heavy atom. The number of H-pyrrole nitrogens is 1. The number of fused-ring (bicyclic) bond motifs is 2. The Balaban J connectivity index is 1.35. The van der Waals surface area contributed by atoms with Gasteiger partial charge in [-0.1, -0.05) is 19.9 Å². The van der Waals surface area contributed by atoms with Gasteiger partial charge in [0.2, 0.25) is 0 Å². The quantitative estimate of drug-likeness (QED) is 0.555. The molecule has 2 aliphatic rings. The minimum Gasteiger partial charge on any atom is -0.507 e. The number of phenolic OH excluding ortho intramolecular Hbond substituents is 1. The van der Waals surface area contributed by atoms with Gasteiger partial charge >= 0.3 is 0 Å². The zero-order chi connectivity index (χ0) is 23.1. The minimum absolute atomic E-state index is 0.0272. The van der Waals surface area contributed by atoms with Crippen LogP contribution in [0.5, 0.6) is 5.75 Å². The highest BCUT2D eigenvalue weighted by Crippen LogP contribution is 2.33. The molecule has 2 aromatic carbocycles. The molecular weight excluding hydrogens is 416 g/mol. The van der Waals surface area contributed by atoms with Crippen LogP contribution in [-0.4, -0.2) is 70.8 Å². The molecule has 0 bridgehead atoms. The molecule has 3 heterocycles. The molecule has 0 atom stereocenters. The lowest BCUT2D eigenvalue weighted by Gasteiger charge is -2.34. The molecule has 174 valence electrons. The first kappa shape index (κ1) is 21.6. The van der Waals surface area contributed by atoms with Gasteiger partial charge in [0.15, 0.2) is 5.82 Å². The number of piperazine rings is 1. The first-order valence-electron chi connectivity index (χ1n) is 11.7. The third-order valence-corrected chi connectivity index (χ3v) is 6.66. The van der Waals surface area contributed by atoms with Gasteiger partial charge in [-0.2, -0.15) is 5.10 Å². The Kier molecular flexibility index (Phi) is 5.62. The van der Waals surface area contributed by atoms with Crippen LogP contribution < -0.4 is 10.2 Å². The van der Waals surface area contributed by atoms with E-state index < -0.39 is 0 Å². The number of anilines is 2. The second kappa shape index (κ2) is 8.59. The summed E-state index contributed by atoms with van der Waals surface area (Å²) in [4.78, 5) is 20.0. The van der Waals surface area contributed by atoms with Gasteiger partial charge in [-0.15, -0.1) is 0 Å². The molecule has 0 spiro atoms. The smallest absolute Gasteiger partial charge is 0.258 e. The highest BCUT2D eigenvalue weighted by atomic mass is 16.3. The fourth-order valence-corrected chi connectivity index (χ4v) is 4.62. The summed E-state index contributed by atoms with van der Waals surface area (Å²) in [6.07, 6.45) is 0. The molecule has 5 rings (SSSR count). The van der Waals surface area contributed by atoms with Gasteiger partial charge in [0.25, 0.3) is 5.91 Å². The second-order valence-electron chi connectivity index (χ2n) is 9.67. The van der Waals surface area contributed by atoms with Crippen LogP contribution in [0, 0.1) is 5.92 Å². The topological polar surface area (TPSA) is 87.7 Å². The molecule has 0 radical (unpaired) electrons. The first-order valence-corrected chi connectivity index (χ1v) is 11.7. The third-order valence-electron chi connectivity index (χ3n) is 6.66. The lowest BCUT2D eigenvalue weighted by molar-refractivity contribution is 0.0748. The van der Waals surface area contributed by atoms with Gasteiger partial charge < -0.3 is 25.1 Å². The van der Waals surface area contributed by atoms with E-state index in [2.05, 4.69) is 64.4 Å². The van der Waals surface area contributed by atoms with Crippen LogP contribution in [0.1, 0.15) is 35.3 Å². The Morgan fingerprint density at radius 1 is 1.12 bits per heavy atom. The normalized spacial score (nSPS) is 16.6. The number of carbonyl (C=O) groups is 1. The summed E-state index contributed by atoms with van der Waals surface area (Å²) in [5.41, 5.74) is 4.59. The summed E-state index contributed by atoms with van der Waals surface area (Å²) in [6, 6.07) is 9.87. The molecule has 0 saturated carbocycles. The van der Waals surface area contributed by atoms with E-state index >= 15 is 0 Å². The number of aromatic hydroxyl groups is 1. The fourth-order valence-electron chi connectivity index (χ4n) is 4.62. The maximum Gasteiger partial charge on any atom is 0.258 e. The predicted octanol–water partition coefficient (Wildman–Crippen LogP) is 3.24. The van der Waals surface area contributed by atoms with E-state index in [-0.39, 0.29) is 11.7 Å². The van der Waals surface area contributed by atoms with Crippen LogP contribution in [0.25, 0.3) is 10.9 Å². The monoisotopic (exact) mass is 448 g/mol. The SMILES string of the molecule is CC(C)CNc1n[nH]c2cc(O)c(C(=O)N3Cc4ccc(N5CCN(C)CC5)cc4C3)cc12. The Labute approximate surface area is 194 Å². The number of nitrogens with one attached hydrogen (secondary N) is 2. The second-order valence-corrected chi connectivity index (χ2v) is 9.67. The van der Waals surface area contributed by atoms with E-state index in [4.69, 9.17) is 0 Å². The Morgan fingerprint density at radius 3 is 2.64 bits per heavy atom. The molecule has 8 nitrogen and oxygen atoms in total. The minimum atomic E-state index is -0.164. The number of hydrogen-bond acceptors (Lipinski definition) is 6. The first-order chi connectivity index (χ1) is 15.9. The fraction of sp³-hybridized carbons (Fsp3) is 0.440. The predicted molar refractivity (Wildman–Crippen MR) is 131 cm³/mol. The van der Waals surface area contributed by atoms with E-state index in [9.17, 15) is 9.90 Å². The number of hydrogen-bond donors (Lipinski definition) is 3. The van der Waals surface area contributed by atoms with Crippen molar-refractivity contribution >= 4 is 28.3 Å². The van der Waals surface area contributed by atoms with Crippen molar-refractivity contribution in [3.8, 4) is 5.75 Å². The number of benzene rings is 2. The number of likely N-dealkylation sites (N-methyl/N-ethyl adjacent to an activating group) is 1. The largest absolute Gasteiger partial charge is 0.507 e. The van der Waals surface area contributed by atoms with Crippen molar-refractivity contribution in [2.45, 2.75) is 26.9 Å². The summed E-state index contributed by atoms with van der Waals surface area (Å²) in [5, 5.41) is 22.0. The molecular formula is C25H32N6O2. The number of amides is 1. The lowest BCUT2D eigenvalue weighted by Crippen LogP contribution is -2.44. The molecule has 1 fully saturated rings. The lowest BCUT2D eigenvalue weighted by atomic mass is 10.1. The number of phenols is 1. The molecule has 1 saturated heterocycles. The molecule has 0 unspecified atom stereocenters. The van der Waals surface area contributed by atoms with Crippen molar-refractivity contribution in [1.82, 2.24) is 20.0 Å². The summed E-state index contributed by atoms with van der Waals surface area (Å²) in [5.74, 6) is 0.978. The van der Waals surface area contributed by atoms with Crippen molar-refractivity contribution in [2.24, 2.45) is 5.92 Å². The average molecular weight is 449 g/mol. The van der Waals surface area contributed by atoms with Crippen molar-refractivity contribution in [2.75, 3.05) is 50.0 Å². The van der Waals surface area contributed by atoms with Crippen LogP contribution in [0.2, 0.25) is 0 Å². The van der Waals surface area contributed by atoms with Crippen molar-refractivity contribution < 1.29 is 9.90 Å². The van der Waals surface area contributed by atoms with Gasteiger partial charge in [-0.05, 0) is 42.3 Å². The van der Waals surface area contributed by atoms with Crippen LogP contribution in [0.3, 0.4) is 0 Å². The van der Waals surface area contributed by atoms with E-state index in [0.29, 0.717) is 35.9 Å². The number of aromatic nitrogens is 2. The molecule has 3 N–H and O–H groups in total. The number of aromatic amines is 1. The molecule has 3 aromatic rings. The zero-order valence-corrected chi connectivity index (χ0v) is 19.6. The molecule has 2 aliphatic heterocycles. The summed E-state index contributed by atoms with van der Waals surface area (Å²) in [7, 11) is 2.16. The van der Waals surface area contributed by atoms with Gasteiger partial charge in [-0.3, -0.25) is 9.89 Å². The van der Waals surface area contributed by atoms with Gasteiger partial charge in [0.1, 0.15) is 5.75 Å². The number of rotatable bonds is 5. The zero-order valence-electron chi connectivity index (χ0n) is 19.6. The van der Waals surface area contributed by atoms with E-state index in [1.807, 2.05) is 0 Å². The third kappa shape index (κ3) is 4.23. The molecule has 33 heavy (non-hydrogen) atoms. The van der Waals surface area contributed by atoms with Crippen LogP contribution in [0.15, 0.2) is 30.3 Å².